The third-order valence-electron chi connectivity index (χ3n) is 4.09. The average molecular weight is 370 g/mol. The topological polar surface area (TPSA) is 74.0 Å². The third-order valence-corrected chi connectivity index (χ3v) is 4.09. The van der Waals surface area contributed by atoms with Gasteiger partial charge in [-0.1, -0.05) is 12.1 Å². The second-order valence-electron chi connectivity index (χ2n) is 6.02. The Labute approximate surface area is 157 Å². The highest BCUT2D eigenvalue weighted by atomic mass is 16.5. The number of hydrogen-bond acceptors (Lipinski definition) is 7. The van der Waals surface area contributed by atoms with Crippen LogP contribution < -0.4 is 9.47 Å². The van der Waals surface area contributed by atoms with Gasteiger partial charge in [0.1, 0.15) is 17.0 Å². The fourth-order valence-corrected chi connectivity index (χ4v) is 2.81. The number of fused-ring (bicyclic) bond motifs is 1. The minimum absolute atomic E-state index is 0.106. The normalized spacial score (nSPS) is 11.0. The van der Waals surface area contributed by atoms with E-state index in [9.17, 15) is 4.79 Å². The lowest BCUT2D eigenvalue weighted by atomic mass is 10.2. The van der Waals surface area contributed by atoms with E-state index in [1.54, 1.807) is 20.3 Å². The summed E-state index contributed by atoms with van der Waals surface area (Å²) in [6.07, 6.45) is 0. The van der Waals surface area contributed by atoms with Gasteiger partial charge in [0.25, 0.3) is 0 Å². The Morgan fingerprint density at radius 1 is 1.04 bits per heavy atom. The lowest BCUT2D eigenvalue weighted by Gasteiger charge is -2.20. The van der Waals surface area contributed by atoms with E-state index < -0.39 is 0 Å². The molecule has 0 fully saturated rings. The molecule has 0 aliphatic carbocycles. The van der Waals surface area contributed by atoms with Gasteiger partial charge in [0.05, 0.1) is 34.4 Å². The van der Waals surface area contributed by atoms with E-state index >= 15 is 0 Å². The lowest BCUT2D eigenvalue weighted by Crippen LogP contribution is -2.30. The zero-order valence-corrected chi connectivity index (χ0v) is 15.6. The number of hydrogen-bond donors (Lipinski definition) is 0. The van der Waals surface area contributed by atoms with Crippen molar-refractivity contribution in [1.29, 1.82) is 0 Å². The van der Waals surface area contributed by atoms with Crippen molar-refractivity contribution in [2.24, 2.45) is 0 Å². The molecule has 3 aromatic rings. The van der Waals surface area contributed by atoms with Gasteiger partial charge in [-0.05, 0) is 29.8 Å². The quantitative estimate of drug-likeness (QED) is 0.564. The monoisotopic (exact) mass is 370 g/mol. The first-order chi connectivity index (χ1) is 13.1. The van der Waals surface area contributed by atoms with Crippen LogP contribution in [0.3, 0.4) is 0 Å². The number of nitrogens with zero attached hydrogens (tertiary/aromatic N) is 2. The Morgan fingerprint density at radius 2 is 1.74 bits per heavy atom. The van der Waals surface area contributed by atoms with Gasteiger partial charge in [-0.3, -0.25) is 9.69 Å². The molecular formula is C20H22N2O5. The highest BCUT2D eigenvalue weighted by Gasteiger charge is 2.17. The molecule has 0 aliphatic rings. The number of methoxy groups -OCH3 is 3. The van der Waals surface area contributed by atoms with E-state index in [1.165, 1.54) is 7.11 Å². The molecule has 0 unspecified atom stereocenters. The standard InChI is InChI=1S/C20H22N2O5/c1-24-15-8-14(9-16(10-15)25-2)11-22(13-20(23)26-3)12-19-21-17-6-4-5-7-18(17)27-19/h4-10H,11-13H2,1-3H3. The van der Waals surface area contributed by atoms with Gasteiger partial charge in [0.2, 0.25) is 5.89 Å². The maximum Gasteiger partial charge on any atom is 0.319 e. The first-order valence-corrected chi connectivity index (χ1v) is 8.47. The lowest BCUT2D eigenvalue weighted by molar-refractivity contribution is -0.142. The zero-order chi connectivity index (χ0) is 19.2. The van der Waals surface area contributed by atoms with Crippen LogP contribution in [0.2, 0.25) is 0 Å². The minimum Gasteiger partial charge on any atom is -0.497 e. The molecule has 7 heteroatoms. The van der Waals surface area contributed by atoms with Crippen molar-refractivity contribution >= 4 is 17.1 Å². The largest absolute Gasteiger partial charge is 0.497 e. The molecule has 0 atom stereocenters. The van der Waals surface area contributed by atoms with Crippen LogP contribution in [0.15, 0.2) is 46.9 Å². The number of rotatable bonds is 8. The molecule has 2 aromatic carbocycles. The van der Waals surface area contributed by atoms with Crippen molar-refractivity contribution in [3.8, 4) is 11.5 Å². The maximum absolute atomic E-state index is 11.9. The Morgan fingerprint density at radius 3 is 2.37 bits per heavy atom. The number of aromatic nitrogens is 1. The minimum atomic E-state index is -0.332. The van der Waals surface area contributed by atoms with Crippen LogP contribution in [0.25, 0.3) is 11.1 Å². The molecule has 0 saturated heterocycles. The highest BCUT2D eigenvalue weighted by Crippen LogP contribution is 2.24. The number of ether oxygens (including phenoxy) is 3. The molecule has 1 heterocycles. The third kappa shape index (κ3) is 4.77. The number of carbonyl (C=O) groups excluding carboxylic acids is 1. The van der Waals surface area contributed by atoms with Crippen LogP contribution in [0.4, 0.5) is 0 Å². The molecule has 27 heavy (non-hydrogen) atoms. The molecule has 7 nitrogen and oxygen atoms in total. The molecule has 1 aromatic heterocycles. The van der Waals surface area contributed by atoms with Gasteiger partial charge in [0.15, 0.2) is 5.58 Å². The van der Waals surface area contributed by atoms with E-state index in [0.717, 1.165) is 11.1 Å². The van der Waals surface area contributed by atoms with Crippen LogP contribution in [0.1, 0.15) is 11.5 Å². The van der Waals surface area contributed by atoms with Gasteiger partial charge in [-0.15, -0.1) is 0 Å². The van der Waals surface area contributed by atoms with Gasteiger partial charge < -0.3 is 18.6 Å². The van der Waals surface area contributed by atoms with Crippen LogP contribution in [-0.2, 0) is 22.6 Å². The summed E-state index contributed by atoms with van der Waals surface area (Å²) in [4.78, 5) is 18.2. The van der Waals surface area contributed by atoms with Crippen molar-refractivity contribution in [3.63, 3.8) is 0 Å². The molecule has 0 spiro atoms. The summed E-state index contributed by atoms with van der Waals surface area (Å²) < 4.78 is 21.2. The van der Waals surface area contributed by atoms with Crippen LogP contribution in [0, 0.1) is 0 Å². The number of carbonyl (C=O) groups is 1. The number of esters is 1. The van der Waals surface area contributed by atoms with E-state index in [4.69, 9.17) is 18.6 Å². The number of para-hydroxylation sites is 2. The van der Waals surface area contributed by atoms with Crippen molar-refractivity contribution in [3.05, 3.63) is 53.9 Å². The maximum atomic E-state index is 11.9. The molecule has 0 N–H and O–H groups in total. The van der Waals surface area contributed by atoms with E-state index in [0.29, 0.717) is 36.1 Å². The van der Waals surface area contributed by atoms with E-state index in [-0.39, 0.29) is 12.5 Å². The molecule has 142 valence electrons. The van der Waals surface area contributed by atoms with Gasteiger partial charge in [-0.25, -0.2) is 4.98 Å². The van der Waals surface area contributed by atoms with Gasteiger partial charge >= 0.3 is 5.97 Å². The molecule has 0 radical (unpaired) electrons. The highest BCUT2D eigenvalue weighted by molar-refractivity contribution is 5.72. The molecule has 0 bridgehead atoms. The van der Waals surface area contributed by atoms with Gasteiger partial charge in [0, 0.05) is 12.6 Å². The second kappa shape index (κ2) is 8.55. The van der Waals surface area contributed by atoms with Crippen molar-refractivity contribution < 1.29 is 23.4 Å². The van der Waals surface area contributed by atoms with E-state index in [1.807, 2.05) is 41.3 Å². The summed E-state index contributed by atoms with van der Waals surface area (Å²) in [5.74, 6) is 1.57. The fourth-order valence-electron chi connectivity index (χ4n) is 2.81. The molecule has 3 rings (SSSR count). The first kappa shape index (κ1) is 18.7. The first-order valence-electron chi connectivity index (χ1n) is 8.47. The molecular weight excluding hydrogens is 348 g/mol. The molecule has 0 saturated carbocycles. The van der Waals surface area contributed by atoms with Gasteiger partial charge in [-0.2, -0.15) is 0 Å². The molecule has 0 amide bonds. The predicted molar refractivity (Wildman–Crippen MR) is 99.7 cm³/mol. The Kier molecular flexibility index (Phi) is 5.93. The summed E-state index contributed by atoms with van der Waals surface area (Å²) in [6, 6.07) is 13.2. The number of oxazole rings is 1. The molecule has 0 aliphatic heterocycles. The van der Waals surface area contributed by atoms with Crippen molar-refractivity contribution in [1.82, 2.24) is 9.88 Å². The van der Waals surface area contributed by atoms with Crippen molar-refractivity contribution in [2.45, 2.75) is 13.1 Å². The SMILES string of the molecule is COC(=O)CN(Cc1cc(OC)cc(OC)c1)Cc1nc2ccccc2o1. The predicted octanol–water partition coefficient (Wildman–Crippen LogP) is 3.02. The fraction of sp³-hybridized carbons (Fsp3) is 0.300. The van der Waals surface area contributed by atoms with Crippen LogP contribution >= 0.6 is 0 Å². The zero-order valence-electron chi connectivity index (χ0n) is 15.6. The summed E-state index contributed by atoms with van der Waals surface area (Å²) in [7, 11) is 4.57. The van der Waals surface area contributed by atoms with E-state index in [2.05, 4.69) is 4.98 Å². The summed E-state index contributed by atoms with van der Waals surface area (Å²) >= 11 is 0. The number of benzene rings is 2. The summed E-state index contributed by atoms with van der Waals surface area (Å²) in [5, 5.41) is 0. The van der Waals surface area contributed by atoms with Crippen LogP contribution in [-0.4, -0.2) is 43.7 Å². The summed E-state index contributed by atoms with van der Waals surface area (Å²) in [6.45, 7) is 0.944. The Balaban J connectivity index is 1.83. The average Bonchev–Trinajstić information content (AvgIpc) is 3.09. The second-order valence-corrected chi connectivity index (χ2v) is 6.02. The summed E-state index contributed by atoms with van der Waals surface area (Å²) in [5.41, 5.74) is 2.44. The Hall–Kier alpha value is -3.06. The smallest absolute Gasteiger partial charge is 0.319 e. The van der Waals surface area contributed by atoms with Crippen molar-refractivity contribution in [2.75, 3.05) is 27.9 Å². The Bertz CT molecular complexity index is 866. The van der Waals surface area contributed by atoms with Crippen LogP contribution in [0.5, 0.6) is 11.5 Å².